The molecule has 0 aliphatic carbocycles. The van der Waals surface area contributed by atoms with Gasteiger partial charge in [-0.15, -0.1) is 11.5 Å². The first kappa shape index (κ1) is 10.7. The van der Waals surface area contributed by atoms with Crippen LogP contribution in [0.3, 0.4) is 0 Å². The zero-order chi connectivity index (χ0) is 11.4. The minimum absolute atomic E-state index is 0.378. The number of hydrogen-bond acceptors (Lipinski definition) is 3. The maximum absolute atomic E-state index is 5.90. The fourth-order valence-corrected chi connectivity index (χ4v) is 1.60. The molecular weight excluding hydrogens is 224 g/mol. The van der Waals surface area contributed by atoms with Gasteiger partial charge in [-0.25, -0.2) is 4.68 Å². The molecule has 1 heterocycles. The molecule has 2 aromatic rings. The van der Waals surface area contributed by atoms with Crippen molar-refractivity contribution in [3.8, 4) is 12.3 Å². The monoisotopic (exact) mass is 232 g/mol. The van der Waals surface area contributed by atoms with Gasteiger partial charge in [-0.1, -0.05) is 29.7 Å². The van der Waals surface area contributed by atoms with Gasteiger partial charge < -0.3 is 0 Å². The minimum Gasteiger partial charge on any atom is -0.217 e. The predicted octanol–water partition coefficient (Wildman–Crippen LogP) is 1.55. The van der Waals surface area contributed by atoms with Crippen molar-refractivity contribution in [3.63, 3.8) is 0 Å². The molecule has 0 spiro atoms. The first-order valence-electron chi connectivity index (χ1n) is 4.72. The van der Waals surface area contributed by atoms with Gasteiger partial charge >= 0.3 is 0 Å². The van der Waals surface area contributed by atoms with Crippen LogP contribution in [0.4, 0.5) is 0 Å². The van der Waals surface area contributed by atoms with Crippen LogP contribution in [0.1, 0.15) is 11.4 Å². The van der Waals surface area contributed by atoms with Crippen LogP contribution in [0.5, 0.6) is 0 Å². The van der Waals surface area contributed by atoms with E-state index in [0.29, 0.717) is 18.0 Å². The van der Waals surface area contributed by atoms with Gasteiger partial charge in [0.25, 0.3) is 0 Å². The van der Waals surface area contributed by atoms with Crippen LogP contribution < -0.4 is 0 Å². The van der Waals surface area contributed by atoms with Gasteiger partial charge in [-0.3, -0.25) is 0 Å². The lowest BCUT2D eigenvalue weighted by Gasteiger charge is -2.01. The summed E-state index contributed by atoms with van der Waals surface area (Å²) in [6.07, 6.45) is 5.84. The molecular formula is C11H9ClN4. The third-order valence-corrected chi connectivity index (χ3v) is 2.33. The molecule has 1 aromatic carbocycles. The maximum atomic E-state index is 5.90. The Bertz CT molecular complexity index is 527. The van der Waals surface area contributed by atoms with Crippen LogP contribution in [-0.2, 0) is 13.0 Å². The first-order chi connectivity index (χ1) is 7.79. The van der Waals surface area contributed by atoms with E-state index in [1.165, 1.54) is 0 Å². The second kappa shape index (κ2) is 4.77. The smallest absolute Gasteiger partial charge is 0.156 e. The SMILES string of the molecule is C#CCn1nnnc1Cc1cccc(Cl)c1. The number of hydrogen-bond donors (Lipinski definition) is 0. The van der Waals surface area contributed by atoms with Gasteiger partial charge in [0.05, 0.1) is 0 Å². The second-order valence-corrected chi connectivity index (χ2v) is 3.70. The fraction of sp³-hybridized carbons (Fsp3) is 0.182. The van der Waals surface area contributed by atoms with E-state index in [9.17, 15) is 0 Å². The number of benzene rings is 1. The van der Waals surface area contributed by atoms with E-state index in [1.807, 2.05) is 24.3 Å². The van der Waals surface area contributed by atoms with Crippen molar-refractivity contribution >= 4 is 11.6 Å². The highest BCUT2D eigenvalue weighted by Crippen LogP contribution is 2.13. The number of nitrogens with zero attached hydrogens (tertiary/aromatic N) is 4. The quantitative estimate of drug-likeness (QED) is 0.755. The Morgan fingerprint density at radius 3 is 3.06 bits per heavy atom. The lowest BCUT2D eigenvalue weighted by Crippen LogP contribution is -2.05. The fourth-order valence-electron chi connectivity index (χ4n) is 1.39. The average Bonchev–Trinajstić information content (AvgIpc) is 2.66. The average molecular weight is 233 g/mol. The Balaban J connectivity index is 2.21. The summed E-state index contributed by atoms with van der Waals surface area (Å²) in [5.41, 5.74) is 1.06. The summed E-state index contributed by atoms with van der Waals surface area (Å²) in [6, 6.07) is 7.58. The molecule has 2 rings (SSSR count). The van der Waals surface area contributed by atoms with E-state index >= 15 is 0 Å². The standard InChI is InChI=1S/C11H9ClN4/c1-2-6-16-11(13-14-15-16)8-9-4-3-5-10(12)7-9/h1,3-5,7H,6,8H2. The molecule has 0 radical (unpaired) electrons. The van der Waals surface area contributed by atoms with Gasteiger partial charge in [0, 0.05) is 11.4 Å². The third kappa shape index (κ3) is 2.38. The van der Waals surface area contributed by atoms with Gasteiger partial charge in [0.15, 0.2) is 5.82 Å². The molecule has 5 heteroatoms. The van der Waals surface area contributed by atoms with Crippen molar-refractivity contribution in [2.45, 2.75) is 13.0 Å². The van der Waals surface area contributed by atoms with Crippen LogP contribution in [0.2, 0.25) is 5.02 Å². The summed E-state index contributed by atoms with van der Waals surface area (Å²) in [7, 11) is 0. The molecule has 0 aliphatic heterocycles. The molecule has 0 N–H and O–H groups in total. The van der Waals surface area contributed by atoms with E-state index in [1.54, 1.807) is 4.68 Å². The van der Waals surface area contributed by atoms with E-state index in [4.69, 9.17) is 18.0 Å². The normalized spacial score (nSPS) is 10.0. The van der Waals surface area contributed by atoms with Crippen LogP contribution in [-0.4, -0.2) is 20.2 Å². The van der Waals surface area contributed by atoms with E-state index in [2.05, 4.69) is 21.4 Å². The Labute approximate surface area is 98.2 Å². The Morgan fingerprint density at radius 2 is 2.31 bits per heavy atom. The lowest BCUT2D eigenvalue weighted by atomic mass is 10.1. The highest BCUT2D eigenvalue weighted by atomic mass is 35.5. The van der Waals surface area contributed by atoms with Crippen LogP contribution >= 0.6 is 11.6 Å². The summed E-state index contributed by atoms with van der Waals surface area (Å²) < 4.78 is 1.60. The number of aromatic nitrogens is 4. The molecule has 0 aliphatic rings. The molecule has 0 bridgehead atoms. The summed E-state index contributed by atoms with van der Waals surface area (Å²) in [5.74, 6) is 3.24. The van der Waals surface area contributed by atoms with Crippen molar-refractivity contribution < 1.29 is 0 Å². The Kier molecular flexibility index (Phi) is 3.18. The topological polar surface area (TPSA) is 43.6 Å². The Hall–Kier alpha value is -1.86. The summed E-state index contributed by atoms with van der Waals surface area (Å²) in [4.78, 5) is 0. The minimum atomic E-state index is 0.378. The highest BCUT2D eigenvalue weighted by Gasteiger charge is 2.05. The molecule has 80 valence electrons. The number of halogens is 1. The molecule has 1 aromatic heterocycles. The Morgan fingerprint density at radius 1 is 1.44 bits per heavy atom. The van der Waals surface area contributed by atoms with Crippen LogP contribution in [0.25, 0.3) is 0 Å². The van der Waals surface area contributed by atoms with Gasteiger partial charge in [-0.05, 0) is 28.1 Å². The molecule has 0 unspecified atom stereocenters. The van der Waals surface area contributed by atoms with Gasteiger partial charge in [0.1, 0.15) is 6.54 Å². The van der Waals surface area contributed by atoms with Gasteiger partial charge in [0.2, 0.25) is 0 Å². The molecule has 16 heavy (non-hydrogen) atoms. The molecule has 0 amide bonds. The van der Waals surface area contributed by atoms with Crippen molar-refractivity contribution in [3.05, 3.63) is 40.7 Å². The van der Waals surface area contributed by atoms with Crippen molar-refractivity contribution in [2.75, 3.05) is 0 Å². The van der Waals surface area contributed by atoms with Crippen LogP contribution in [0.15, 0.2) is 24.3 Å². The zero-order valence-electron chi connectivity index (χ0n) is 8.47. The molecule has 0 fully saturated rings. The third-order valence-electron chi connectivity index (χ3n) is 2.10. The second-order valence-electron chi connectivity index (χ2n) is 3.26. The number of rotatable bonds is 3. The molecule has 0 atom stereocenters. The molecule has 0 saturated heterocycles. The summed E-state index contributed by atoms with van der Waals surface area (Å²) in [5, 5.41) is 12.0. The lowest BCUT2D eigenvalue weighted by molar-refractivity contribution is 0.646. The predicted molar refractivity (Wildman–Crippen MR) is 60.9 cm³/mol. The summed E-state index contributed by atoms with van der Waals surface area (Å²) in [6.45, 7) is 0.378. The first-order valence-corrected chi connectivity index (χ1v) is 5.10. The van der Waals surface area contributed by atoms with Crippen LogP contribution in [0, 0.1) is 12.3 Å². The maximum Gasteiger partial charge on any atom is 0.156 e. The van der Waals surface area contributed by atoms with E-state index in [0.717, 1.165) is 11.4 Å². The summed E-state index contributed by atoms with van der Waals surface area (Å²) >= 11 is 5.90. The van der Waals surface area contributed by atoms with E-state index in [-0.39, 0.29) is 0 Å². The zero-order valence-corrected chi connectivity index (χ0v) is 9.22. The molecule has 0 saturated carbocycles. The van der Waals surface area contributed by atoms with Crippen molar-refractivity contribution in [1.82, 2.24) is 20.2 Å². The largest absolute Gasteiger partial charge is 0.217 e. The molecule has 4 nitrogen and oxygen atoms in total. The number of tetrazole rings is 1. The van der Waals surface area contributed by atoms with Crippen molar-refractivity contribution in [2.24, 2.45) is 0 Å². The highest BCUT2D eigenvalue weighted by molar-refractivity contribution is 6.30. The van der Waals surface area contributed by atoms with Crippen molar-refractivity contribution in [1.29, 1.82) is 0 Å². The van der Waals surface area contributed by atoms with Gasteiger partial charge in [-0.2, -0.15) is 0 Å². The van der Waals surface area contributed by atoms with E-state index < -0.39 is 0 Å². The number of terminal acetylenes is 1.